The van der Waals surface area contributed by atoms with Crippen molar-refractivity contribution in [1.82, 2.24) is 0 Å². The molecule has 0 fully saturated rings. The SMILES string of the molecule is C[C@@H](CCC(=O)OCc1ccccc1)C(=O)C=[N+]=[N-]. The number of hydrogen-bond donors (Lipinski definition) is 0. The lowest BCUT2D eigenvalue weighted by Crippen LogP contribution is -2.15. The summed E-state index contributed by atoms with van der Waals surface area (Å²) < 4.78 is 5.08. The van der Waals surface area contributed by atoms with Gasteiger partial charge in [0.05, 0.1) is 0 Å². The number of nitrogens with zero attached hydrogens (tertiary/aromatic N) is 2. The zero-order valence-electron chi connectivity index (χ0n) is 10.8. The van der Waals surface area contributed by atoms with Gasteiger partial charge in [-0.2, -0.15) is 4.79 Å². The molecule has 0 amide bonds. The van der Waals surface area contributed by atoms with Crippen LogP contribution in [0.15, 0.2) is 30.3 Å². The summed E-state index contributed by atoms with van der Waals surface area (Å²) in [6, 6.07) is 9.38. The Hall–Kier alpha value is -2.26. The molecule has 0 aliphatic rings. The lowest BCUT2D eigenvalue weighted by Gasteiger charge is -2.06. The number of ketones is 1. The number of benzene rings is 1. The van der Waals surface area contributed by atoms with E-state index >= 15 is 0 Å². The third-order valence-electron chi connectivity index (χ3n) is 2.69. The van der Waals surface area contributed by atoms with Gasteiger partial charge < -0.3 is 10.3 Å². The standard InChI is InChI=1S/C14H16N2O3/c1-11(13(17)9-16-15)7-8-14(18)19-10-12-5-3-2-4-6-12/h2-6,9,11H,7-8,10H2,1H3/t11-/m0/s1. The Bertz CT molecular complexity index is 479. The van der Waals surface area contributed by atoms with Gasteiger partial charge in [0.15, 0.2) is 0 Å². The number of Topliss-reactive ketones (excluding diaryl/α,β-unsaturated/α-hetero) is 1. The van der Waals surface area contributed by atoms with Crippen molar-refractivity contribution < 1.29 is 19.1 Å². The molecule has 0 heterocycles. The first-order valence-corrected chi connectivity index (χ1v) is 6.04. The third-order valence-corrected chi connectivity index (χ3v) is 2.69. The molecular weight excluding hydrogens is 244 g/mol. The van der Waals surface area contributed by atoms with Crippen molar-refractivity contribution in [3.63, 3.8) is 0 Å². The minimum absolute atomic E-state index is 0.166. The Morgan fingerprint density at radius 1 is 1.37 bits per heavy atom. The summed E-state index contributed by atoms with van der Waals surface area (Å²) in [5, 5.41) is 0. The second kappa shape index (κ2) is 7.95. The van der Waals surface area contributed by atoms with Crippen LogP contribution in [-0.2, 0) is 20.9 Å². The Labute approximate surface area is 111 Å². The molecule has 0 saturated heterocycles. The van der Waals surface area contributed by atoms with Gasteiger partial charge in [-0.15, -0.1) is 0 Å². The van der Waals surface area contributed by atoms with Crippen molar-refractivity contribution in [3.05, 3.63) is 41.4 Å². The smallest absolute Gasteiger partial charge is 0.323 e. The highest BCUT2D eigenvalue weighted by Gasteiger charge is 2.16. The molecular formula is C14H16N2O3. The molecule has 5 nitrogen and oxygen atoms in total. The quantitative estimate of drug-likeness (QED) is 0.325. The molecule has 0 unspecified atom stereocenters. The van der Waals surface area contributed by atoms with E-state index in [2.05, 4.69) is 4.79 Å². The number of carbonyl (C=O) groups is 2. The van der Waals surface area contributed by atoms with Crippen molar-refractivity contribution in [3.8, 4) is 0 Å². The van der Waals surface area contributed by atoms with Crippen molar-refractivity contribution in [1.29, 1.82) is 0 Å². The van der Waals surface area contributed by atoms with Gasteiger partial charge in [-0.3, -0.25) is 9.59 Å². The van der Waals surface area contributed by atoms with Crippen molar-refractivity contribution in [2.24, 2.45) is 5.92 Å². The largest absolute Gasteiger partial charge is 0.461 e. The Balaban J connectivity index is 2.28. The predicted molar refractivity (Wildman–Crippen MR) is 69.3 cm³/mol. The number of rotatable bonds is 7. The highest BCUT2D eigenvalue weighted by molar-refractivity contribution is 6.26. The first kappa shape index (κ1) is 14.8. The maximum absolute atomic E-state index is 11.5. The average molecular weight is 260 g/mol. The first-order chi connectivity index (χ1) is 9.13. The van der Waals surface area contributed by atoms with Crippen LogP contribution >= 0.6 is 0 Å². The van der Waals surface area contributed by atoms with Crippen molar-refractivity contribution in [2.75, 3.05) is 0 Å². The summed E-state index contributed by atoms with van der Waals surface area (Å²) in [5.74, 6) is -1.01. The van der Waals surface area contributed by atoms with Crippen LogP contribution in [0.1, 0.15) is 25.3 Å². The Morgan fingerprint density at radius 2 is 2.05 bits per heavy atom. The van der Waals surface area contributed by atoms with Gasteiger partial charge in [0.2, 0.25) is 5.78 Å². The Kier molecular flexibility index (Phi) is 6.19. The number of hydrogen-bond acceptors (Lipinski definition) is 3. The van der Waals surface area contributed by atoms with Crippen LogP contribution < -0.4 is 0 Å². The van der Waals surface area contributed by atoms with Gasteiger partial charge in [-0.05, 0) is 12.0 Å². The van der Waals surface area contributed by atoms with E-state index in [0.717, 1.165) is 11.8 Å². The molecule has 0 radical (unpaired) electrons. The number of carbonyl (C=O) groups excluding carboxylic acids is 2. The number of esters is 1. The maximum Gasteiger partial charge on any atom is 0.323 e. The lowest BCUT2D eigenvalue weighted by molar-refractivity contribution is -0.145. The molecule has 0 aliphatic heterocycles. The topological polar surface area (TPSA) is 79.8 Å². The molecule has 1 rings (SSSR count). The zero-order valence-corrected chi connectivity index (χ0v) is 10.8. The van der Waals surface area contributed by atoms with E-state index in [1.807, 2.05) is 30.3 Å². The molecule has 5 heteroatoms. The van der Waals surface area contributed by atoms with Gasteiger partial charge in [0, 0.05) is 12.3 Å². The second-order valence-electron chi connectivity index (χ2n) is 4.23. The zero-order chi connectivity index (χ0) is 14.1. The fraction of sp³-hybridized carbons (Fsp3) is 0.357. The third kappa shape index (κ3) is 5.75. The summed E-state index contributed by atoms with van der Waals surface area (Å²) in [4.78, 5) is 25.4. The summed E-state index contributed by atoms with van der Waals surface area (Å²) >= 11 is 0. The molecule has 0 bridgehead atoms. The van der Waals surface area contributed by atoms with E-state index < -0.39 is 0 Å². The van der Waals surface area contributed by atoms with Crippen LogP contribution in [0.3, 0.4) is 0 Å². The van der Waals surface area contributed by atoms with Crippen molar-refractivity contribution in [2.45, 2.75) is 26.4 Å². The van der Waals surface area contributed by atoms with Crippen LogP contribution in [0, 0.1) is 5.92 Å². The van der Waals surface area contributed by atoms with E-state index in [1.54, 1.807) is 6.92 Å². The number of ether oxygens (including phenoxy) is 1. The summed E-state index contributed by atoms with van der Waals surface area (Å²) in [5.41, 5.74) is 9.15. The van der Waals surface area contributed by atoms with Crippen LogP contribution in [-0.4, -0.2) is 22.8 Å². The fourth-order valence-corrected chi connectivity index (χ4v) is 1.47. The Morgan fingerprint density at radius 3 is 2.68 bits per heavy atom. The summed E-state index contributed by atoms with van der Waals surface area (Å²) in [6.07, 6.45) is 1.39. The highest BCUT2D eigenvalue weighted by Crippen LogP contribution is 2.08. The predicted octanol–water partition coefficient (Wildman–Crippen LogP) is 2.02. The van der Waals surface area contributed by atoms with Gasteiger partial charge in [-0.25, -0.2) is 0 Å². The van der Waals surface area contributed by atoms with Crippen molar-refractivity contribution >= 4 is 18.0 Å². The van der Waals surface area contributed by atoms with Crippen LogP contribution in [0.5, 0.6) is 0 Å². The molecule has 100 valence electrons. The second-order valence-corrected chi connectivity index (χ2v) is 4.23. The molecule has 0 saturated carbocycles. The molecule has 1 aromatic carbocycles. The molecule has 1 atom stereocenters. The van der Waals surface area contributed by atoms with E-state index in [-0.39, 0.29) is 30.7 Å². The fourth-order valence-electron chi connectivity index (χ4n) is 1.47. The normalized spacial score (nSPS) is 11.2. The minimum Gasteiger partial charge on any atom is -0.461 e. The van der Waals surface area contributed by atoms with Crippen LogP contribution in [0.2, 0.25) is 0 Å². The maximum atomic E-state index is 11.5. The van der Waals surface area contributed by atoms with Crippen LogP contribution in [0.4, 0.5) is 0 Å². The molecule has 0 aliphatic carbocycles. The van der Waals surface area contributed by atoms with E-state index in [4.69, 9.17) is 10.3 Å². The van der Waals surface area contributed by atoms with Gasteiger partial charge in [0.1, 0.15) is 6.61 Å². The minimum atomic E-state index is -0.361. The summed E-state index contributed by atoms with van der Waals surface area (Å²) in [7, 11) is 0. The molecule has 0 spiro atoms. The lowest BCUT2D eigenvalue weighted by atomic mass is 10.0. The van der Waals surface area contributed by atoms with E-state index in [1.165, 1.54) is 0 Å². The van der Waals surface area contributed by atoms with Crippen LogP contribution in [0.25, 0.3) is 5.53 Å². The molecule has 0 aromatic heterocycles. The molecule has 0 N–H and O–H groups in total. The van der Waals surface area contributed by atoms with Gasteiger partial charge >= 0.3 is 12.2 Å². The first-order valence-electron chi connectivity index (χ1n) is 6.04. The molecule has 19 heavy (non-hydrogen) atoms. The monoisotopic (exact) mass is 260 g/mol. The van der Waals surface area contributed by atoms with E-state index in [9.17, 15) is 9.59 Å². The van der Waals surface area contributed by atoms with Gasteiger partial charge in [-0.1, -0.05) is 37.3 Å². The van der Waals surface area contributed by atoms with E-state index in [0.29, 0.717) is 6.42 Å². The summed E-state index contributed by atoms with van der Waals surface area (Å²) in [6.45, 7) is 1.91. The average Bonchev–Trinajstić information content (AvgIpc) is 2.43. The highest BCUT2D eigenvalue weighted by atomic mass is 16.5. The molecule has 1 aromatic rings. The van der Waals surface area contributed by atoms with Gasteiger partial charge in [0.25, 0.3) is 0 Å².